The highest BCUT2D eigenvalue weighted by Gasteiger charge is 2.42. The number of carbonyl (C=O) groups is 1. The third-order valence-corrected chi connectivity index (χ3v) is 5.58. The molecule has 0 radical (unpaired) electrons. The summed E-state index contributed by atoms with van der Waals surface area (Å²) in [6.07, 6.45) is 0.769. The molecule has 1 aliphatic heterocycles. The molecule has 0 spiro atoms. The second kappa shape index (κ2) is 8.13. The van der Waals surface area contributed by atoms with Crippen molar-refractivity contribution in [1.82, 2.24) is 9.80 Å². The smallest absolute Gasteiger partial charge is 0.290 e. The number of methoxy groups -OCH3 is 1. The molecule has 0 fully saturated rings. The first-order chi connectivity index (χ1) is 14.4. The van der Waals surface area contributed by atoms with E-state index in [0.29, 0.717) is 33.8 Å². The normalized spacial score (nSPS) is 15.8. The van der Waals surface area contributed by atoms with Gasteiger partial charge in [-0.15, -0.1) is 0 Å². The van der Waals surface area contributed by atoms with Gasteiger partial charge in [0.1, 0.15) is 11.3 Å². The zero-order valence-electron chi connectivity index (χ0n) is 17.1. The third kappa shape index (κ3) is 3.57. The predicted octanol–water partition coefficient (Wildman–Crippen LogP) is 3.95. The fourth-order valence-electron chi connectivity index (χ4n) is 3.94. The number of amides is 1. The minimum atomic E-state index is -0.531. The number of hydrogen-bond acceptors (Lipinski definition) is 5. The second-order valence-electron chi connectivity index (χ2n) is 7.65. The Labute approximate surface area is 179 Å². The zero-order valence-corrected chi connectivity index (χ0v) is 17.9. The van der Waals surface area contributed by atoms with Gasteiger partial charge in [0, 0.05) is 17.6 Å². The average Bonchev–Trinajstić information content (AvgIpc) is 3.00. The van der Waals surface area contributed by atoms with Crippen molar-refractivity contribution in [3.05, 3.63) is 74.6 Å². The molecule has 0 bridgehead atoms. The molecule has 0 saturated heterocycles. The van der Waals surface area contributed by atoms with Crippen LogP contribution in [0.15, 0.2) is 51.7 Å². The van der Waals surface area contributed by atoms with Gasteiger partial charge in [0.25, 0.3) is 5.91 Å². The van der Waals surface area contributed by atoms with Gasteiger partial charge in [-0.25, -0.2) is 0 Å². The van der Waals surface area contributed by atoms with Crippen LogP contribution in [0.4, 0.5) is 0 Å². The first kappa shape index (κ1) is 20.4. The molecule has 2 heterocycles. The summed E-state index contributed by atoms with van der Waals surface area (Å²) in [5.74, 6) is 0.372. The Kier molecular flexibility index (Phi) is 5.54. The van der Waals surface area contributed by atoms with E-state index < -0.39 is 6.04 Å². The summed E-state index contributed by atoms with van der Waals surface area (Å²) in [4.78, 5) is 30.5. The van der Waals surface area contributed by atoms with Crippen LogP contribution in [0.5, 0.6) is 5.75 Å². The van der Waals surface area contributed by atoms with E-state index in [-0.39, 0.29) is 17.1 Å². The number of ether oxygens (including phenoxy) is 1. The highest BCUT2D eigenvalue weighted by molar-refractivity contribution is 6.30. The molecule has 1 aliphatic rings. The molecule has 1 aromatic heterocycles. The summed E-state index contributed by atoms with van der Waals surface area (Å²) < 4.78 is 11.2. The van der Waals surface area contributed by atoms with Gasteiger partial charge in [-0.05, 0) is 56.9 Å². The predicted molar refractivity (Wildman–Crippen MR) is 117 cm³/mol. The van der Waals surface area contributed by atoms with Gasteiger partial charge in [0.05, 0.1) is 24.1 Å². The van der Waals surface area contributed by atoms with Crippen molar-refractivity contribution in [2.24, 2.45) is 0 Å². The SMILES string of the molecule is COc1ccc2c(=O)c3c(oc2c1)C(=O)N(CCCN(C)C)[C@@H]3c1cccc(Cl)c1. The van der Waals surface area contributed by atoms with Gasteiger partial charge in [-0.1, -0.05) is 23.7 Å². The maximum Gasteiger partial charge on any atom is 0.290 e. The summed E-state index contributed by atoms with van der Waals surface area (Å²) in [5.41, 5.74) is 1.29. The molecule has 156 valence electrons. The van der Waals surface area contributed by atoms with E-state index in [2.05, 4.69) is 4.90 Å². The van der Waals surface area contributed by atoms with Crippen LogP contribution in [-0.2, 0) is 0 Å². The number of carbonyl (C=O) groups excluding carboxylic acids is 1. The van der Waals surface area contributed by atoms with Crippen LogP contribution < -0.4 is 10.2 Å². The lowest BCUT2D eigenvalue weighted by atomic mass is 9.98. The van der Waals surface area contributed by atoms with Gasteiger partial charge in [-0.3, -0.25) is 9.59 Å². The van der Waals surface area contributed by atoms with Gasteiger partial charge in [-0.2, -0.15) is 0 Å². The van der Waals surface area contributed by atoms with E-state index in [9.17, 15) is 9.59 Å². The van der Waals surface area contributed by atoms with Crippen molar-refractivity contribution in [3.63, 3.8) is 0 Å². The van der Waals surface area contributed by atoms with Crippen LogP contribution in [0, 0.1) is 0 Å². The standard InChI is InChI=1S/C23H23ClN2O4/c1-25(2)10-5-11-26-20(14-6-4-7-15(24)12-14)19-21(27)17-9-8-16(29-3)13-18(17)30-22(19)23(26)28/h4,6-9,12-13,20H,5,10-11H2,1-3H3/t20-/m1/s1. The van der Waals surface area contributed by atoms with Crippen molar-refractivity contribution in [2.45, 2.75) is 12.5 Å². The monoisotopic (exact) mass is 426 g/mol. The van der Waals surface area contributed by atoms with Gasteiger partial charge < -0.3 is 19.0 Å². The molecule has 0 aliphatic carbocycles. The van der Waals surface area contributed by atoms with Crippen molar-refractivity contribution < 1.29 is 13.9 Å². The topological polar surface area (TPSA) is 63.0 Å². The molecular formula is C23H23ClN2O4. The lowest BCUT2D eigenvalue weighted by molar-refractivity contribution is 0.0722. The van der Waals surface area contributed by atoms with Crippen LogP contribution in [0.1, 0.15) is 34.1 Å². The van der Waals surface area contributed by atoms with E-state index in [4.69, 9.17) is 20.8 Å². The second-order valence-corrected chi connectivity index (χ2v) is 8.09. The largest absolute Gasteiger partial charge is 0.497 e. The Bertz CT molecular complexity index is 1170. The Morgan fingerprint density at radius 1 is 1.17 bits per heavy atom. The summed E-state index contributed by atoms with van der Waals surface area (Å²) in [7, 11) is 5.51. The first-order valence-corrected chi connectivity index (χ1v) is 10.1. The molecule has 4 rings (SSSR count). The number of benzene rings is 2. The highest BCUT2D eigenvalue weighted by atomic mass is 35.5. The lowest BCUT2D eigenvalue weighted by Gasteiger charge is -2.25. The van der Waals surface area contributed by atoms with Crippen molar-refractivity contribution in [3.8, 4) is 5.75 Å². The number of fused-ring (bicyclic) bond motifs is 2. The third-order valence-electron chi connectivity index (χ3n) is 5.34. The van der Waals surface area contributed by atoms with E-state index in [0.717, 1.165) is 18.5 Å². The van der Waals surface area contributed by atoms with Crippen LogP contribution in [0.2, 0.25) is 5.02 Å². The van der Waals surface area contributed by atoms with Crippen molar-refractivity contribution in [2.75, 3.05) is 34.3 Å². The maximum absolute atomic E-state index is 13.4. The van der Waals surface area contributed by atoms with E-state index in [1.54, 1.807) is 42.3 Å². The highest BCUT2D eigenvalue weighted by Crippen LogP contribution is 2.39. The van der Waals surface area contributed by atoms with Crippen molar-refractivity contribution in [1.29, 1.82) is 0 Å². The molecule has 3 aromatic rings. The molecule has 30 heavy (non-hydrogen) atoms. The molecule has 0 N–H and O–H groups in total. The minimum Gasteiger partial charge on any atom is -0.497 e. The molecule has 2 aromatic carbocycles. The van der Waals surface area contributed by atoms with Crippen LogP contribution in [0.25, 0.3) is 11.0 Å². The van der Waals surface area contributed by atoms with Crippen LogP contribution >= 0.6 is 11.6 Å². The Balaban J connectivity index is 1.88. The quantitative estimate of drug-likeness (QED) is 0.597. The maximum atomic E-state index is 13.4. The van der Waals surface area contributed by atoms with E-state index in [1.807, 2.05) is 26.2 Å². The summed E-state index contributed by atoms with van der Waals surface area (Å²) in [6.45, 7) is 1.32. The Hall–Kier alpha value is -2.83. The summed E-state index contributed by atoms with van der Waals surface area (Å²) in [5, 5.41) is 0.973. The average molecular weight is 427 g/mol. The van der Waals surface area contributed by atoms with Crippen LogP contribution in [-0.4, -0.2) is 50.0 Å². The molecule has 6 nitrogen and oxygen atoms in total. The lowest BCUT2D eigenvalue weighted by Crippen LogP contribution is -2.32. The first-order valence-electron chi connectivity index (χ1n) is 9.76. The fraction of sp³-hybridized carbons (Fsp3) is 0.304. The Morgan fingerprint density at radius 2 is 1.97 bits per heavy atom. The molecule has 0 unspecified atom stereocenters. The van der Waals surface area contributed by atoms with E-state index in [1.165, 1.54) is 0 Å². The van der Waals surface area contributed by atoms with Gasteiger partial charge >= 0.3 is 0 Å². The van der Waals surface area contributed by atoms with Gasteiger partial charge in [0.2, 0.25) is 5.76 Å². The molecule has 0 saturated carbocycles. The molecule has 1 atom stereocenters. The molecular weight excluding hydrogens is 404 g/mol. The molecule has 1 amide bonds. The Morgan fingerprint density at radius 3 is 2.67 bits per heavy atom. The summed E-state index contributed by atoms with van der Waals surface area (Å²) >= 11 is 6.22. The zero-order chi connectivity index (χ0) is 21.4. The number of hydrogen-bond donors (Lipinski definition) is 0. The summed E-state index contributed by atoms with van der Waals surface area (Å²) in [6, 6.07) is 11.8. The van der Waals surface area contributed by atoms with Crippen molar-refractivity contribution >= 4 is 28.5 Å². The number of rotatable bonds is 6. The van der Waals surface area contributed by atoms with Crippen LogP contribution in [0.3, 0.4) is 0 Å². The van der Waals surface area contributed by atoms with Gasteiger partial charge in [0.15, 0.2) is 5.43 Å². The molecule has 7 heteroatoms. The fourth-order valence-corrected chi connectivity index (χ4v) is 4.14. The number of nitrogens with zero attached hydrogens (tertiary/aromatic N) is 2. The minimum absolute atomic E-state index is 0.0931. The van der Waals surface area contributed by atoms with E-state index >= 15 is 0 Å². The number of halogens is 1.